The van der Waals surface area contributed by atoms with Gasteiger partial charge in [-0.25, -0.2) is 14.8 Å². The lowest BCUT2D eigenvalue weighted by Crippen LogP contribution is -2.16. The molecule has 0 N–H and O–H groups in total. The number of benzene rings is 3. The molecule has 31 heavy (non-hydrogen) atoms. The van der Waals surface area contributed by atoms with E-state index in [1.165, 1.54) is 0 Å². The van der Waals surface area contributed by atoms with Crippen LogP contribution in [0.5, 0.6) is 0 Å². The normalized spacial score (nSPS) is 11.2. The molecule has 6 heteroatoms. The van der Waals surface area contributed by atoms with E-state index in [9.17, 15) is 9.59 Å². The Morgan fingerprint density at radius 1 is 0.839 bits per heavy atom. The van der Waals surface area contributed by atoms with Crippen molar-refractivity contribution in [3.8, 4) is 0 Å². The molecule has 6 nitrogen and oxygen atoms in total. The first-order chi connectivity index (χ1) is 15.0. The smallest absolute Gasteiger partial charge is 0.340 e. The number of carbonyl (C=O) groups excluding carboxylic acids is 2. The standard InChI is InChI=1S/C25H23N3O3/c1-28(2)14-7-15-31-25(30)19-10-6-11-21-23(19)27-20-13-12-18(16-22(20)26-21)24(29)17-8-4-3-5-9-17/h3-6,8-13,16H,7,14-15H2,1-2H3. The summed E-state index contributed by atoms with van der Waals surface area (Å²) >= 11 is 0. The van der Waals surface area contributed by atoms with Crippen LogP contribution in [0.4, 0.5) is 0 Å². The third kappa shape index (κ3) is 4.59. The van der Waals surface area contributed by atoms with Crippen LogP contribution in [-0.4, -0.2) is 53.9 Å². The van der Waals surface area contributed by atoms with Gasteiger partial charge in [-0.3, -0.25) is 4.79 Å². The molecule has 0 radical (unpaired) electrons. The molecule has 0 saturated heterocycles. The fourth-order valence-corrected chi connectivity index (χ4v) is 3.38. The number of para-hydroxylation sites is 1. The number of carbonyl (C=O) groups is 2. The molecular weight excluding hydrogens is 390 g/mol. The van der Waals surface area contributed by atoms with Crippen molar-refractivity contribution in [3.05, 3.63) is 83.4 Å². The zero-order chi connectivity index (χ0) is 21.8. The number of hydrogen-bond acceptors (Lipinski definition) is 6. The Balaban J connectivity index is 1.64. The first kappa shape index (κ1) is 20.6. The Morgan fingerprint density at radius 2 is 1.65 bits per heavy atom. The highest BCUT2D eigenvalue weighted by molar-refractivity contribution is 6.10. The maximum atomic E-state index is 12.8. The van der Waals surface area contributed by atoms with E-state index in [0.717, 1.165) is 13.0 Å². The van der Waals surface area contributed by atoms with Gasteiger partial charge in [-0.05, 0) is 50.8 Å². The molecular formula is C25H23N3O3. The van der Waals surface area contributed by atoms with E-state index in [4.69, 9.17) is 4.74 Å². The van der Waals surface area contributed by atoms with Crippen molar-refractivity contribution in [2.45, 2.75) is 6.42 Å². The largest absolute Gasteiger partial charge is 0.462 e. The fourth-order valence-electron chi connectivity index (χ4n) is 3.38. The Labute approximate surface area is 180 Å². The maximum absolute atomic E-state index is 12.8. The fraction of sp³-hybridized carbons (Fsp3) is 0.200. The van der Waals surface area contributed by atoms with Gasteiger partial charge in [0.15, 0.2) is 5.78 Å². The van der Waals surface area contributed by atoms with Gasteiger partial charge < -0.3 is 9.64 Å². The first-order valence-corrected chi connectivity index (χ1v) is 10.1. The van der Waals surface area contributed by atoms with E-state index in [0.29, 0.717) is 45.4 Å². The molecule has 0 amide bonds. The summed E-state index contributed by atoms with van der Waals surface area (Å²) in [5.41, 5.74) is 3.85. The first-order valence-electron chi connectivity index (χ1n) is 10.1. The van der Waals surface area contributed by atoms with Crippen LogP contribution in [-0.2, 0) is 4.74 Å². The van der Waals surface area contributed by atoms with Crippen LogP contribution in [0.3, 0.4) is 0 Å². The molecule has 156 valence electrons. The van der Waals surface area contributed by atoms with E-state index in [1.54, 1.807) is 48.5 Å². The van der Waals surface area contributed by atoms with Gasteiger partial charge in [0, 0.05) is 17.7 Å². The van der Waals surface area contributed by atoms with E-state index in [-0.39, 0.29) is 5.78 Å². The number of esters is 1. The lowest BCUT2D eigenvalue weighted by Gasteiger charge is -2.10. The van der Waals surface area contributed by atoms with Gasteiger partial charge in [-0.1, -0.05) is 36.4 Å². The topological polar surface area (TPSA) is 72.4 Å². The number of ketones is 1. The summed E-state index contributed by atoms with van der Waals surface area (Å²) in [6, 6.07) is 19.6. The number of hydrogen-bond donors (Lipinski definition) is 0. The molecule has 4 aromatic rings. The molecule has 3 aromatic carbocycles. The van der Waals surface area contributed by atoms with Crippen molar-refractivity contribution < 1.29 is 14.3 Å². The maximum Gasteiger partial charge on any atom is 0.340 e. The molecule has 0 bridgehead atoms. The second-order valence-electron chi connectivity index (χ2n) is 7.59. The monoisotopic (exact) mass is 413 g/mol. The van der Waals surface area contributed by atoms with Crippen LogP contribution in [0.15, 0.2) is 66.7 Å². The van der Waals surface area contributed by atoms with Gasteiger partial charge in [-0.15, -0.1) is 0 Å². The van der Waals surface area contributed by atoms with E-state index >= 15 is 0 Å². The summed E-state index contributed by atoms with van der Waals surface area (Å²) in [6.45, 7) is 1.19. The van der Waals surface area contributed by atoms with E-state index in [2.05, 4.69) is 9.97 Å². The van der Waals surface area contributed by atoms with Crippen LogP contribution in [0, 0.1) is 0 Å². The third-order valence-corrected chi connectivity index (χ3v) is 4.96. The molecule has 0 aliphatic heterocycles. The average molecular weight is 413 g/mol. The number of aromatic nitrogens is 2. The lowest BCUT2D eigenvalue weighted by molar-refractivity contribution is 0.0495. The second kappa shape index (κ2) is 9.02. The predicted molar refractivity (Wildman–Crippen MR) is 120 cm³/mol. The molecule has 0 aliphatic rings. The molecule has 0 unspecified atom stereocenters. The Morgan fingerprint density at radius 3 is 2.42 bits per heavy atom. The van der Waals surface area contributed by atoms with Gasteiger partial charge in [0.25, 0.3) is 0 Å². The highest BCUT2D eigenvalue weighted by Crippen LogP contribution is 2.22. The van der Waals surface area contributed by atoms with Gasteiger partial charge in [-0.2, -0.15) is 0 Å². The Hall–Kier alpha value is -3.64. The summed E-state index contributed by atoms with van der Waals surface area (Å²) in [5, 5.41) is 0. The van der Waals surface area contributed by atoms with E-state index < -0.39 is 5.97 Å². The summed E-state index contributed by atoms with van der Waals surface area (Å²) in [4.78, 5) is 36.7. The van der Waals surface area contributed by atoms with Crippen molar-refractivity contribution in [2.24, 2.45) is 0 Å². The SMILES string of the molecule is CN(C)CCCOC(=O)c1cccc2nc3cc(C(=O)c4ccccc4)ccc3nc12. The second-order valence-corrected chi connectivity index (χ2v) is 7.59. The quantitative estimate of drug-likeness (QED) is 0.196. The highest BCUT2D eigenvalue weighted by Gasteiger charge is 2.15. The molecule has 0 fully saturated rings. The molecule has 1 aromatic heterocycles. The number of fused-ring (bicyclic) bond motifs is 2. The van der Waals surface area contributed by atoms with Crippen LogP contribution in [0.25, 0.3) is 22.1 Å². The van der Waals surface area contributed by atoms with Gasteiger partial charge in [0.1, 0.15) is 5.52 Å². The van der Waals surface area contributed by atoms with Crippen LogP contribution in [0.2, 0.25) is 0 Å². The number of ether oxygens (including phenoxy) is 1. The predicted octanol–water partition coefficient (Wildman–Crippen LogP) is 4.12. The minimum absolute atomic E-state index is 0.0700. The van der Waals surface area contributed by atoms with Gasteiger partial charge in [0.05, 0.1) is 28.7 Å². The summed E-state index contributed by atoms with van der Waals surface area (Å²) in [7, 11) is 3.96. The minimum atomic E-state index is -0.408. The van der Waals surface area contributed by atoms with Crippen LogP contribution in [0.1, 0.15) is 32.7 Å². The van der Waals surface area contributed by atoms with Crippen molar-refractivity contribution in [2.75, 3.05) is 27.2 Å². The van der Waals surface area contributed by atoms with Gasteiger partial charge in [0.2, 0.25) is 0 Å². The van der Waals surface area contributed by atoms with Crippen molar-refractivity contribution in [1.29, 1.82) is 0 Å². The summed E-state index contributed by atoms with van der Waals surface area (Å²) in [5.74, 6) is -0.478. The number of rotatable bonds is 7. The molecule has 0 atom stereocenters. The molecule has 0 spiro atoms. The van der Waals surface area contributed by atoms with E-state index in [1.807, 2.05) is 37.2 Å². The van der Waals surface area contributed by atoms with Gasteiger partial charge >= 0.3 is 5.97 Å². The number of nitrogens with zero attached hydrogens (tertiary/aromatic N) is 3. The van der Waals surface area contributed by atoms with Crippen LogP contribution < -0.4 is 0 Å². The average Bonchev–Trinajstić information content (AvgIpc) is 2.79. The summed E-state index contributed by atoms with van der Waals surface area (Å²) in [6.07, 6.45) is 0.760. The highest BCUT2D eigenvalue weighted by atomic mass is 16.5. The summed E-state index contributed by atoms with van der Waals surface area (Å²) < 4.78 is 5.42. The molecule has 0 saturated carbocycles. The molecule has 1 heterocycles. The molecule has 0 aliphatic carbocycles. The van der Waals surface area contributed by atoms with Crippen molar-refractivity contribution >= 4 is 33.8 Å². The third-order valence-electron chi connectivity index (χ3n) is 4.96. The Kier molecular flexibility index (Phi) is 6.00. The Bertz CT molecular complexity index is 1250. The lowest BCUT2D eigenvalue weighted by atomic mass is 10.0. The van der Waals surface area contributed by atoms with Crippen molar-refractivity contribution in [3.63, 3.8) is 0 Å². The molecule has 4 rings (SSSR count). The zero-order valence-electron chi connectivity index (χ0n) is 17.5. The zero-order valence-corrected chi connectivity index (χ0v) is 17.5. The minimum Gasteiger partial charge on any atom is -0.462 e. The van der Waals surface area contributed by atoms with Crippen LogP contribution >= 0.6 is 0 Å². The van der Waals surface area contributed by atoms with Crippen molar-refractivity contribution in [1.82, 2.24) is 14.9 Å².